The van der Waals surface area contributed by atoms with Gasteiger partial charge in [0.15, 0.2) is 9.54 Å². The van der Waals surface area contributed by atoms with Crippen LogP contribution in [0.2, 0.25) is 0 Å². The molecule has 0 unspecified atom stereocenters. The van der Waals surface area contributed by atoms with Crippen molar-refractivity contribution in [1.29, 1.82) is 0 Å². The zero-order valence-corrected chi connectivity index (χ0v) is 25.8. The van der Waals surface area contributed by atoms with E-state index in [0.717, 1.165) is 35.4 Å². The van der Waals surface area contributed by atoms with Crippen molar-refractivity contribution >= 4 is 80.7 Å². The van der Waals surface area contributed by atoms with Gasteiger partial charge < -0.3 is 19.9 Å². The van der Waals surface area contributed by atoms with Crippen LogP contribution in [0.1, 0.15) is 61.8 Å². The molecule has 0 aliphatic heterocycles. The van der Waals surface area contributed by atoms with Crippen LogP contribution in [0, 0.1) is 25.0 Å². The fourth-order valence-electron chi connectivity index (χ4n) is 4.07. The third-order valence-corrected chi connectivity index (χ3v) is 7.97. The van der Waals surface area contributed by atoms with Crippen LogP contribution in [-0.4, -0.2) is 29.9 Å². The molecule has 6 nitrogen and oxygen atoms in total. The highest BCUT2D eigenvalue weighted by molar-refractivity contribution is 9.11. The minimum Gasteiger partial charge on any atom is -0.321 e. The first-order chi connectivity index (χ1) is 16.7. The Morgan fingerprint density at radius 3 is 1.83 bits per heavy atom. The maximum absolute atomic E-state index is 5.26. The predicted octanol–water partition coefficient (Wildman–Crippen LogP) is 8.39. The van der Waals surface area contributed by atoms with E-state index in [4.69, 9.17) is 48.9 Å². The molecule has 2 heterocycles. The summed E-state index contributed by atoms with van der Waals surface area (Å²) in [7, 11) is 0. The third kappa shape index (κ3) is 9.47. The molecule has 3 aromatic rings. The molecule has 0 saturated carbocycles. The van der Waals surface area contributed by atoms with Gasteiger partial charge in [-0.1, -0.05) is 58.0 Å². The molecule has 12 heteroatoms. The lowest BCUT2D eigenvalue weighted by Gasteiger charge is -2.18. The van der Waals surface area contributed by atoms with E-state index in [2.05, 4.69) is 80.8 Å². The summed E-state index contributed by atoms with van der Waals surface area (Å²) in [6.45, 7) is 2.24. The molecule has 3 rings (SSSR count). The highest BCUT2D eigenvalue weighted by atomic mass is 79.9. The Hall–Kier alpha value is -0.920. The van der Waals surface area contributed by atoms with Gasteiger partial charge in [0.2, 0.25) is 9.54 Å². The van der Waals surface area contributed by atoms with Gasteiger partial charge in [-0.05, 0) is 104 Å². The Balaban J connectivity index is 1.82. The summed E-state index contributed by atoms with van der Waals surface area (Å²) in [5.74, 6) is 1.72. The molecule has 2 aromatic heterocycles. The number of rotatable bonds is 12. The molecule has 0 spiro atoms. The normalized spacial score (nSPS) is 11.3. The van der Waals surface area contributed by atoms with Crippen LogP contribution in [0.5, 0.6) is 0 Å². The van der Waals surface area contributed by atoms with Crippen LogP contribution >= 0.6 is 80.7 Å². The molecular formula is C23H28Br2N6S4. The maximum atomic E-state index is 5.26. The Labute approximate surface area is 242 Å². The average Bonchev–Trinajstić information content (AvgIpc) is 2.76. The Morgan fingerprint density at radius 1 is 0.771 bits per heavy atom. The first-order valence-electron chi connectivity index (χ1n) is 11.6. The van der Waals surface area contributed by atoms with Gasteiger partial charge in [-0.15, -0.1) is 0 Å². The van der Waals surface area contributed by atoms with E-state index in [1.807, 2.05) is 0 Å². The second-order valence-electron chi connectivity index (χ2n) is 8.55. The van der Waals surface area contributed by atoms with Crippen LogP contribution in [-0.2, 0) is 25.7 Å². The van der Waals surface area contributed by atoms with Crippen molar-refractivity contribution in [3.8, 4) is 0 Å². The van der Waals surface area contributed by atoms with Crippen molar-refractivity contribution in [1.82, 2.24) is 29.9 Å². The second kappa shape index (κ2) is 14.1. The van der Waals surface area contributed by atoms with E-state index in [-0.39, 0.29) is 5.92 Å². The number of nitrogens with zero attached hydrogens (tertiary/aromatic N) is 2. The van der Waals surface area contributed by atoms with Gasteiger partial charge in [0.05, 0.1) is 0 Å². The first kappa shape index (κ1) is 28.6. The number of H-pyrrole nitrogens is 4. The van der Waals surface area contributed by atoms with Gasteiger partial charge in [-0.3, -0.25) is 0 Å². The van der Waals surface area contributed by atoms with Gasteiger partial charge in [-0.25, -0.2) is 9.97 Å². The van der Waals surface area contributed by atoms with Crippen LogP contribution < -0.4 is 0 Å². The molecule has 0 atom stereocenters. The van der Waals surface area contributed by atoms with Crippen molar-refractivity contribution in [2.45, 2.75) is 64.7 Å². The summed E-state index contributed by atoms with van der Waals surface area (Å²) < 4.78 is 4.02. The number of aromatic nitrogens is 6. The summed E-state index contributed by atoms with van der Waals surface area (Å²) in [4.78, 5) is 20.9. The zero-order chi connectivity index (χ0) is 25.4. The molecule has 188 valence electrons. The molecule has 35 heavy (non-hydrogen) atoms. The third-order valence-electron chi connectivity index (χ3n) is 5.70. The van der Waals surface area contributed by atoms with Gasteiger partial charge in [0.1, 0.15) is 11.6 Å². The summed E-state index contributed by atoms with van der Waals surface area (Å²) >= 11 is 28.6. The molecule has 0 radical (unpaired) electrons. The standard InChI is InChI=1S/C23H28Br2N6S4/c1-2-3-4-5-6-14-11-16(24)12-15(19(14)25)8-7-13(9-17-26-20(32)30-21(33)27-17)10-18-28-22(34)31-23(35)29-18/h11-13H,2-10H2,1H3,(H2,26,27,30,32,33)(H2,28,29,31,34,35). The lowest BCUT2D eigenvalue weighted by molar-refractivity contribution is 0.455. The van der Waals surface area contributed by atoms with E-state index in [1.165, 1.54) is 41.3 Å². The number of hydrogen-bond acceptors (Lipinski definition) is 6. The lowest BCUT2D eigenvalue weighted by atomic mass is 9.92. The van der Waals surface area contributed by atoms with E-state index >= 15 is 0 Å². The Kier molecular flexibility index (Phi) is 11.6. The molecule has 0 saturated heterocycles. The Bertz CT molecular complexity index is 1250. The molecule has 0 bridgehead atoms. The molecular weight excluding hydrogens is 648 g/mol. The number of unbranched alkanes of at least 4 members (excludes halogenated alkanes) is 3. The Morgan fingerprint density at radius 2 is 1.31 bits per heavy atom. The van der Waals surface area contributed by atoms with Crippen LogP contribution in [0.25, 0.3) is 0 Å². The van der Waals surface area contributed by atoms with Crippen LogP contribution in [0.3, 0.4) is 0 Å². The minimum atomic E-state index is 0.207. The number of nitrogens with one attached hydrogen (secondary N) is 4. The van der Waals surface area contributed by atoms with Gasteiger partial charge in [0.25, 0.3) is 0 Å². The number of benzene rings is 1. The maximum Gasteiger partial charge on any atom is 0.200 e. The van der Waals surface area contributed by atoms with E-state index in [1.54, 1.807) is 0 Å². The molecule has 1 aromatic carbocycles. The van der Waals surface area contributed by atoms with Gasteiger partial charge in [-0.2, -0.15) is 0 Å². The smallest absolute Gasteiger partial charge is 0.200 e. The molecule has 0 amide bonds. The van der Waals surface area contributed by atoms with Gasteiger partial charge >= 0.3 is 0 Å². The number of aromatic amines is 4. The quantitative estimate of drug-likeness (QED) is 0.114. The largest absolute Gasteiger partial charge is 0.321 e. The van der Waals surface area contributed by atoms with Crippen LogP contribution in [0.4, 0.5) is 0 Å². The van der Waals surface area contributed by atoms with E-state index in [9.17, 15) is 0 Å². The zero-order valence-electron chi connectivity index (χ0n) is 19.4. The van der Waals surface area contributed by atoms with E-state index in [0.29, 0.717) is 31.9 Å². The summed E-state index contributed by atoms with van der Waals surface area (Å²) in [5, 5.41) is 0. The van der Waals surface area contributed by atoms with Crippen molar-refractivity contribution in [2.75, 3.05) is 0 Å². The van der Waals surface area contributed by atoms with Crippen molar-refractivity contribution in [3.63, 3.8) is 0 Å². The number of hydrogen-bond donors (Lipinski definition) is 4. The average molecular weight is 677 g/mol. The highest BCUT2D eigenvalue weighted by Crippen LogP contribution is 2.30. The van der Waals surface area contributed by atoms with Crippen LogP contribution in [0.15, 0.2) is 21.1 Å². The first-order valence-corrected chi connectivity index (χ1v) is 14.8. The summed E-state index contributed by atoms with van der Waals surface area (Å²) in [5.41, 5.74) is 2.63. The van der Waals surface area contributed by atoms with Gasteiger partial charge in [0, 0.05) is 21.8 Å². The topological polar surface area (TPSA) is 88.9 Å². The predicted molar refractivity (Wildman–Crippen MR) is 158 cm³/mol. The second-order valence-corrected chi connectivity index (χ2v) is 11.8. The van der Waals surface area contributed by atoms with Crippen molar-refractivity contribution < 1.29 is 0 Å². The highest BCUT2D eigenvalue weighted by Gasteiger charge is 2.17. The SMILES string of the molecule is CCCCCCc1cc(Br)cc(CCC(Cc2nc(=S)[nH]c(=S)[nH]2)Cc2nc(=S)[nH]c(=S)[nH]2)c1Br. The minimum absolute atomic E-state index is 0.207. The fraction of sp³-hybridized carbons (Fsp3) is 0.478. The molecule has 4 N–H and O–H groups in total. The van der Waals surface area contributed by atoms with E-state index < -0.39 is 0 Å². The molecule has 0 fully saturated rings. The molecule has 0 aliphatic carbocycles. The number of aryl methyl sites for hydroxylation is 2. The fourth-order valence-corrected chi connectivity index (χ4v) is 6.23. The molecule has 0 aliphatic rings. The number of halogens is 2. The van der Waals surface area contributed by atoms with Crippen molar-refractivity contribution in [2.24, 2.45) is 5.92 Å². The lowest BCUT2D eigenvalue weighted by Crippen LogP contribution is -2.15. The van der Waals surface area contributed by atoms with Crippen molar-refractivity contribution in [3.05, 3.63) is 62.9 Å². The summed E-state index contributed by atoms with van der Waals surface area (Å²) in [6.07, 6.45) is 9.19. The summed E-state index contributed by atoms with van der Waals surface area (Å²) in [6, 6.07) is 4.42. The monoisotopic (exact) mass is 674 g/mol.